The summed E-state index contributed by atoms with van der Waals surface area (Å²) in [5.74, 6) is 0.190. The molecule has 3 nitrogen and oxygen atoms in total. The van der Waals surface area contributed by atoms with Gasteiger partial charge in [0.2, 0.25) is 0 Å². The van der Waals surface area contributed by atoms with Crippen LogP contribution in [-0.4, -0.2) is 16.4 Å². The maximum Gasteiger partial charge on any atom is 0.121 e. The average molecular weight is 153 g/mol. The summed E-state index contributed by atoms with van der Waals surface area (Å²) in [6, 6.07) is 6.60. The highest BCUT2D eigenvalue weighted by molar-refractivity contribution is 5.47. The Bertz CT molecular complexity index is 235. The number of aliphatic hydroxyl groups excluding tert-OH is 1. The quantitative estimate of drug-likeness (QED) is 0.558. The van der Waals surface area contributed by atoms with Gasteiger partial charge in [0.05, 0.1) is 0 Å². The van der Waals surface area contributed by atoms with Crippen LogP contribution in [0.2, 0.25) is 0 Å². The second-order valence-corrected chi connectivity index (χ2v) is 2.37. The molecule has 0 aliphatic rings. The van der Waals surface area contributed by atoms with Gasteiger partial charge in [-0.25, -0.2) is 0 Å². The lowest BCUT2D eigenvalue weighted by Gasteiger charge is -2.08. The van der Waals surface area contributed by atoms with E-state index in [9.17, 15) is 0 Å². The molecule has 0 fully saturated rings. The second-order valence-electron chi connectivity index (χ2n) is 2.37. The third-order valence-corrected chi connectivity index (χ3v) is 1.22. The van der Waals surface area contributed by atoms with Crippen molar-refractivity contribution in [3.05, 3.63) is 24.3 Å². The molecule has 1 atom stereocenters. The minimum atomic E-state index is -0.600. The van der Waals surface area contributed by atoms with E-state index in [0.29, 0.717) is 5.69 Å². The third-order valence-electron chi connectivity index (χ3n) is 1.22. The Hall–Kier alpha value is -1.22. The fraction of sp³-hybridized carbons (Fsp3) is 0.250. The molecular formula is C8H11NO2. The van der Waals surface area contributed by atoms with E-state index in [1.165, 1.54) is 0 Å². The summed E-state index contributed by atoms with van der Waals surface area (Å²) in [5.41, 5.74) is 0.708. The molecule has 1 rings (SSSR count). The fourth-order valence-corrected chi connectivity index (χ4v) is 0.837. The summed E-state index contributed by atoms with van der Waals surface area (Å²) in [5, 5.41) is 20.6. The Morgan fingerprint density at radius 1 is 1.45 bits per heavy atom. The van der Waals surface area contributed by atoms with E-state index >= 15 is 0 Å². The standard InChI is InChI=1S/C8H11NO2/c1-6(10)9-7-3-2-4-8(11)5-7/h2-6,9-11H,1H3. The average Bonchev–Trinajstić information content (AvgIpc) is 1.85. The fourth-order valence-electron chi connectivity index (χ4n) is 0.837. The molecule has 0 spiro atoms. The van der Waals surface area contributed by atoms with Gasteiger partial charge >= 0.3 is 0 Å². The van der Waals surface area contributed by atoms with Gasteiger partial charge in [-0.3, -0.25) is 0 Å². The minimum Gasteiger partial charge on any atom is -0.508 e. The van der Waals surface area contributed by atoms with Crippen LogP contribution in [0.4, 0.5) is 5.69 Å². The summed E-state index contributed by atoms with van der Waals surface area (Å²) >= 11 is 0. The Morgan fingerprint density at radius 3 is 2.73 bits per heavy atom. The molecular weight excluding hydrogens is 142 g/mol. The first kappa shape index (κ1) is 7.88. The van der Waals surface area contributed by atoms with E-state index < -0.39 is 6.23 Å². The number of anilines is 1. The lowest BCUT2D eigenvalue weighted by Crippen LogP contribution is -2.12. The Labute approximate surface area is 65.3 Å². The number of benzene rings is 1. The van der Waals surface area contributed by atoms with Gasteiger partial charge in [-0.05, 0) is 19.1 Å². The second kappa shape index (κ2) is 3.25. The molecule has 0 bridgehead atoms. The summed E-state index contributed by atoms with van der Waals surface area (Å²) in [7, 11) is 0. The highest BCUT2D eigenvalue weighted by Gasteiger charge is 1.95. The minimum absolute atomic E-state index is 0.190. The first-order valence-corrected chi connectivity index (χ1v) is 3.42. The first-order chi connectivity index (χ1) is 5.18. The van der Waals surface area contributed by atoms with Crippen LogP contribution in [0, 0.1) is 0 Å². The van der Waals surface area contributed by atoms with Crippen molar-refractivity contribution < 1.29 is 10.2 Å². The van der Waals surface area contributed by atoms with E-state index in [0.717, 1.165) is 0 Å². The van der Waals surface area contributed by atoms with E-state index in [-0.39, 0.29) is 5.75 Å². The van der Waals surface area contributed by atoms with Gasteiger partial charge < -0.3 is 15.5 Å². The van der Waals surface area contributed by atoms with Crippen LogP contribution in [0.1, 0.15) is 6.92 Å². The van der Waals surface area contributed by atoms with Crippen molar-refractivity contribution in [2.75, 3.05) is 5.32 Å². The van der Waals surface area contributed by atoms with Gasteiger partial charge in [0.1, 0.15) is 12.0 Å². The van der Waals surface area contributed by atoms with Crippen molar-refractivity contribution >= 4 is 5.69 Å². The van der Waals surface area contributed by atoms with Gasteiger partial charge in [0.25, 0.3) is 0 Å². The van der Waals surface area contributed by atoms with Crippen LogP contribution in [-0.2, 0) is 0 Å². The molecule has 3 N–H and O–H groups in total. The zero-order chi connectivity index (χ0) is 8.27. The molecule has 60 valence electrons. The molecule has 0 radical (unpaired) electrons. The zero-order valence-corrected chi connectivity index (χ0v) is 6.28. The van der Waals surface area contributed by atoms with Gasteiger partial charge in [-0.2, -0.15) is 0 Å². The summed E-state index contributed by atoms with van der Waals surface area (Å²) in [6.07, 6.45) is -0.600. The monoisotopic (exact) mass is 153 g/mol. The van der Waals surface area contributed by atoms with Crippen LogP contribution in [0.15, 0.2) is 24.3 Å². The number of nitrogens with one attached hydrogen (secondary N) is 1. The van der Waals surface area contributed by atoms with Gasteiger partial charge in [-0.15, -0.1) is 0 Å². The third kappa shape index (κ3) is 2.47. The molecule has 1 aromatic carbocycles. The summed E-state index contributed by atoms with van der Waals surface area (Å²) in [6.45, 7) is 1.62. The lowest BCUT2D eigenvalue weighted by atomic mass is 10.3. The predicted molar refractivity (Wildman–Crippen MR) is 43.4 cm³/mol. The number of phenolic OH excluding ortho intramolecular Hbond substituents is 1. The Kier molecular flexibility index (Phi) is 2.33. The smallest absolute Gasteiger partial charge is 0.121 e. The summed E-state index contributed by atoms with van der Waals surface area (Å²) in [4.78, 5) is 0. The maximum atomic E-state index is 9.00. The maximum absolute atomic E-state index is 9.00. The highest BCUT2D eigenvalue weighted by Crippen LogP contribution is 2.15. The number of hydrogen-bond donors (Lipinski definition) is 3. The van der Waals surface area contributed by atoms with Crippen molar-refractivity contribution in [3.63, 3.8) is 0 Å². The van der Waals surface area contributed by atoms with Crippen molar-refractivity contribution in [1.82, 2.24) is 0 Å². The first-order valence-electron chi connectivity index (χ1n) is 3.42. The van der Waals surface area contributed by atoms with Crippen molar-refractivity contribution in [3.8, 4) is 5.75 Å². The van der Waals surface area contributed by atoms with E-state index in [1.807, 2.05) is 0 Å². The molecule has 0 aliphatic carbocycles. The number of aromatic hydroxyl groups is 1. The van der Waals surface area contributed by atoms with Gasteiger partial charge in [0, 0.05) is 11.8 Å². The normalized spacial score (nSPS) is 12.5. The van der Waals surface area contributed by atoms with Gasteiger partial charge in [0.15, 0.2) is 0 Å². The van der Waals surface area contributed by atoms with Crippen molar-refractivity contribution in [2.45, 2.75) is 13.2 Å². The molecule has 0 amide bonds. The SMILES string of the molecule is CC(O)Nc1cccc(O)c1. The molecule has 1 aromatic rings. The number of rotatable bonds is 2. The summed E-state index contributed by atoms with van der Waals surface area (Å²) < 4.78 is 0. The molecule has 1 unspecified atom stereocenters. The molecule has 3 heteroatoms. The van der Waals surface area contributed by atoms with Crippen LogP contribution in [0.3, 0.4) is 0 Å². The van der Waals surface area contributed by atoms with E-state index in [1.54, 1.807) is 31.2 Å². The number of hydrogen-bond acceptors (Lipinski definition) is 3. The van der Waals surface area contributed by atoms with Crippen molar-refractivity contribution in [1.29, 1.82) is 0 Å². The molecule has 0 aromatic heterocycles. The van der Waals surface area contributed by atoms with Crippen LogP contribution < -0.4 is 5.32 Å². The van der Waals surface area contributed by atoms with Crippen LogP contribution in [0.25, 0.3) is 0 Å². The predicted octanol–water partition coefficient (Wildman–Crippen LogP) is 1.14. The van der Waals surface area contributed by atoms with E-state index in [2.05, 4.69) is 5.32 Å². The van der Waals surface area contributed by atoms with Crippen LogP contribution in [0.5, 0.6) is 5.75 Å². The molecule has 0 saturated heterocycles. The van der Waals surface area contributed by atoms with Crippen LogP contribution >= 0.6 is 0 Å². The zero-order valence-electron chi connectivity index (χ0n) is 6.28. The molecule has 0 heterocycles. The Morgan fingerprint density at radius 2 is 2.18 bits per heavy atom. The number of aliphatic hydroxyl groups is 1. The topological polar surface area (TPSA) is 52.5 Å². The molecule has 0 saturated carbocycles. The highest BCUT2D eigenvalue weighted by atomic mass is 16.3. The van der Waals surface area contributed by atoms with Gasteiger partial charge in [-0.1, -0.05) is 6.07 Å². The largest absolute Gasteiger partial charge is 0.508 e. The van der Waals surface area contributed by atoms with Crippen molar-refractivity contribution in [2.24, 2.45) is 0 Å². The number of phenols is 1. The Balaban J connectivity index is 2.71. The molecule has 0 aliphatic heterocycles. The lowest BCUT2D eigenvalue weighted by molar-refractivity contribution is 0.224. The molecule has 11 heavy (non-hydrogen) atoms. The van der Waals surface area contributed by atoms with E-state index in [4.69, 9.17) is 10.2 Å².